The summed E-state index contributed by atoms with van der Waals surface area (Å²) in [5, 5.41) is 16.6. The van der Waals surface area contributed by atoms with Gasteiger partial charge < -0.3 is 15.0 Å². The predicted molar refractivity (Wildman–Crippen MR) is 155 cm³/mol. The Morgan fingerprint density at radius 2 is 1.92 bits per heavy atom. The third-order valence-corrected chi connectivity index (χ3v) is 6.86. The Hall–Kier alpha value is -4.17. The third kappa shape index (κ3) is 7.03. The lowest BCUT2D eigenvalue weighted by Crippen LogP contribution is -2.32. The number of nitro groups is 1. The van der Waals surface area contributed by atoms with Crippen molar-refractivity contribution in [2.45, 2.75) is 39.3 Å². The number of halogens is 1. The van der Waals surface area contributed by atoms with Crippen molar-refractivity contribution in [3.8, 4) is 5.75 Å². The molecular formula is C30H31ClN4O4. The maximum atomic E-state index is 13.5. The molecule has 9 heteroatoms. The first-order valence-corrected chi connectivity index (χ1v) is 13.1. The van der Waals surface area contributed by atoms with Crippen molar-refractivity contribution >= 4 is 39.8 Å². The van der Waals surface area contributed by atoms with Crippen LogP contribution in [0.1, 0.15) is 41.3 Å². The number of rotatable bonds is 11. The molecule has 0 bridgehead atoms. The number of hydrogen-bond donors (Lipinski definition) is 1. The molecule has 1 unspecified atom stereocenters. The molecule has 0 aliphatic carbocycles. The van der Waals surface area contributed by atoms with E-state index in [1.54, 1.807) is 49.4 Å². The van der Waals surface area contributed by atoms with Crippen LogP contribution in [0.25, 0.3) is 10.9 Å². The van der Waals surface area contributed by atoms with E-state index >= 15 is 0 Å². The number of fused-ring (bicyclic) bond motifs is 1. The predicted octanol–water partition coefficient (Wildman–Crippen LogP) is 7.04. The number of ether oxygens (including phenoxy) is 1. The monoisotopic (exact) mass is 546 g/mol. The number of anilines is 1. The summed E-state index contributed by atoms with van der Waals surface area (Å²) in [5.41, 5.74) is 3.42. The SMILES string of the molecule is COc1cc(NC(C)CCCN(Cc2ccc(Cl)cc2)C(=O)c2ccc(C)c([N+](=O)[O-])c2)c2ncccc2c1. The Labute approximate surface area is 232 Å². The van der Waals surface area contributed by atoms with Crippen LogP contribution in [0.5, 0.6) is 5.75 Å². The van der Waals surface area contributed by atoms with Crippen LogP contribution in [0.15, 0.2) is 72.9 Å². The summed E-state index contributed by atoms with van der Waals surface area (Å²) < 4.78 is 5.46. The zero-order chi connectivity index (χ0) is 27.9. The zero-order valence-corrected chi connectivity index (χ0v) is 22.9. The Kier molecular flexibility index (Phi) is 8.99. The van der Waals surface area contributed by atoms with E-state index in [4.69, 9.17) is 16.3 Å². The number of pyridine rings is 1. The summed E-state index contributed by atoms with van der Waals surface area (Å²) in [6, 6.07) is 19.8. The number of nitro benzene ring substituents is 1. The van der Waals surface area contributed by atoms with E-state index in [9.17, 15) is 14.9 Å². The number of carbonyl (C=O) groups is 1. The highest BCUT2D eigenvalue weighted by atomic mass is 35.5. The molecule has 0 fully saturated rings. The molecule has 1 aromatic heterocycles. The quantitative estimate of drug-likeness (QED) is 0.160. The molecule has 0 radical (unpaired) electrons. The zero-order valence-electron chi connectivity index (χ0n) is 22.2. The average Bonchev–Trinajstić information content (AvgIpc) is 2.93. The van der Waals surface area contributed by atoms with Gasteiger partial charge in [0, 0.05) is 59.0 Å². The first-order chi connectivity index (χ1) is 18.7. The van der Waals surface area contributed by atoms with E-state index in [1.807, 2.05) is 36.4 Å². The van der Waals surface area contributed by atoms with Gasteiger partial charge in [0.15, 0.2) is 0 Å². The molecule has 0 aliphatic rings. The van der Waals surface area contributed by atoms with Gasteiger partial charge in [0.25, 0.3) is 11.6 Å². The van der Waals surface area contributed by atoms with Gasteiger partial charge in [0.05, 0.1) is 23.2 Å². The highest BCUT2D eigenvalue weighted by Gasteiger charge is 2.21. The number of aryl methyl sites for hydroxylation is 1. The van der Waals surface area contributed by atoms with Crippen molar-refractivity contribution in [1.82, 2.24) is 9.88 Å². The fourth-order valence-corrected chi connectivity index (χ4v) is 4.63. The van der Waals surface area contributed by atoms with E-state index in [1.165, 1.54) is 6.07 Å². The standard InChI is InChI=1S/C30H31ClN4O4/c1-20-8-11-24(17-28(20)35(37)38)30(36)34(19-22-9-12-25(31)13-10-22)15-5-6-21(2)33-27-18-26(39-3)16-23-7-4-14-32-29(23)27/h4,7-14,16-18,21,33H,5-6,15,19H2,1-3H3. The van der Waals surface area contributed by atoms with Crippen molar-refractivity contribution in [2.24, 2.45) is 0 Å². The molecule has 1 amide bonds. The van der Waals surface area contributed by atoms with Crippen LogP contribution in [0.2, 0.25) is 5.02 Å². The molecule has 0 saturated carbocycles. The minimum atomic E-state index is -0.458. The smallest absolute Gasteiger partial charge is 0.273 e. The van der Waals surface area contributed by atoms with Gasteiger partial charge in [-0.15, -0.1) is 0 Å². The molecule has 4 aromatic rings. The minimum Gasteiger partial charge on any atom is -0.497 e. The van der Waals surface area contributed by atoms with Gasteiger partial charge in [0.1, 0.15) is 5.75 Å². The van der Waals surface area contributed by atoms with Crippen LogP contribution in [-0.2, 0) is 6.54 Å². The molecule has 1 heterocycles. The van der Waals surface area contributed by atoms with Crippen LogP contribution >= 0.6 is 11.6 Å². The van der Waals surface area contributed by atoms with Gasteiger partial charge in [-0.3, -0.25) is 19.9 Å². The first-order valence-electron chi connectivity index (χ1n) is 12.7. The molecule has 202 valence electrons. The van der Waals surface area contributed by atoms with E-state index in [0.717, 1.165) is 40.7 Å². The maximum Gasteiger partial charge on any atom is 0.273 e. The number of nitrogens with one attached hydrogen (secondary N) is 1. The molecule has 3 aromatic carbocycles. The fourth-order valence-electron chi connectivity index (χ4n) is 4.50. The molecular weight excluding hydrogens is 516 g/mol. The molecule has 39 heavy (non-hydrogen) atoms. The van der Waals surface area contributed by atoms with Crippen molar-refractivity contribution in [3.63, 3.8) is 0 Å². The van der Waals surface area contributed by atoms with Crippen LogP contribution < -0.4 is 10.1 Å². The minimum absolute atomic E-state index is 0.0655. The van der Waals surface area contributed by atoms with Gasteiger partial charge in [-0.1, -0.05) is 35.9 Å². The number of carbonyl (C=O) groups excluding carboxylic acids is 1. The number of aromatic nitrogens is 1. The second kappa shape index (κ2) is 12.6. The summed E-state index contributed by atoms with van der Waals surface area (Å²) in [5.74, 6) is 0.494. The van der Waals surface area contributed by atoms with Gasteiger partial charge >= 0.3 is 0 Å². The topological polar surface area (TPSA) is 97.6 Å². The third-order valence-electron chi connectivity index (χ3n) is 6.61. The van der Waals surface area contributed by atoms with E-state index in [0.29, 0.717) is 29.2 Å². The Morgan fingerprint density at radius 3 is 2.64 bits per heavy atom. The summed E-state index contributed by atoms with van der Waals surface area (Å²) >= 11 is 6.05. The Bertz CT molecular complexity index is 1480. The van der Waals surface area contributed by atoms with Gasteiger partial charge in [-0.05, 0) is 62.6 Å². The number of benzene rings is 3. The van der Waals surface area contributed by atoms with Crippen LogP contribution in [-0.4, -0.2) is 40.4 Å². The number of methoxy groups -OCH3 is 1. The number of hydrogen-bond acceptors (Lipinski definition) is 6. The van der Waals surface area contributed by atoms with E-state index < -0.39 is 4.92 Å². The normalized spacial score (nSPS) is 11.7. The molecule has 0 aliphatic heterocycles. The lowest BCUT2D eigenvalue weighted by molar-refractivity contribution is -0.385. The van der Waals surface area contributed by atoms with Crippen LogP contribution in [0.3, 0.4) is 0 Å². The van der Waals surface area contributed by atoms with E-state index in [2.05, 4.69) is 17.2 Å². The second-order valence-corrected chi connectivity index (χ2v) is 9.99. The lowest BCUT2D eigenvalue weighted by atomic mass is 10.1. The van der Waals surface area contributed by atoms with Crippen molar-refractivity contribution < 1.29 is 14.5 Å². The highest BCUT2D eigenvalue weighted by molar-refractivity contribution is 6.30. The molecule has 8 nitrogen and oxygen atoms in total. The summed E-state index contributed by atoms with van der Waals surface area (Å²) in [6.07, 6.45) is 3.26. The molecule has 0 saturated heterocycles. The van der Waals surface area contributed by atoms with Crippen LogP contribution in [0, 0.1) is 17.0 Å². The van der Waals surface area contributed by atoms with Gasteiger partial charge in [-0.25, -0.2) is 0 Å². The maximum absolute atomic E-state index is 13.5. The fraction of sp³-hybridized carbons (Fsp3) is 0.267. The average molecular weight is 547 g/mol. The second-order valence-electron chi connectivity index (χ2n) is 9.55. The Morgan fingerprint density at radius 1 is 1.15 bits per heavy atom. The lowest BCUT2D eigenvalue weighted by Gasteiger charge is -2.24. The first kappa shape index (κ1) is 27.9. The van der Waals surface area contributed by atoms with Crippen molar-refractivity contribution in [2.75, 3.05) is 19.0 Å². The molecule has 4 rings (SSSR count). The van der Waals surface area contributed by atoms with Crippen LogP contribution in [0.4, 0.5) is 11.4 Å². The van der Waals surface area contributed by atoms with E-state index in [-0.39, 0.29) is 17.6 Å². The molecule has 1 N–H and O–H groups in total. The Balaban J connectivity index is 1.48. The van der Waals surface area contributed by atoms with Crippen molar-refractivity contribution in [1.29, 1.82) is 0 Å². The van der Waals surface area contributed by atoms with Gasteiger partial charge in [-0.2, -0.15) is 0 Å². The molecule has 0 spiro atoms. The molecule has 1 atom stereocenters. The van der Waals surface area contributed by atoms with Crippen molar-refractivity contribution in [3.05, 3.63) is 105 Å². The summed E-state index contributed by atoms with van der Waals surface area (Å²) in [6.45, 7) is 4.59. The largest absolute Gasteiger partial charge is 0.497 e. The number of amides is 1. The summed E-state index contributed by atoms with van der Waals surface area (Å²) in [4.78, 5) is 30.8. The number of nitrogens with zero attached hydrogens (tertiary/aromatic N) is 3. The highest BCUT2D eigenvalue weighted by Crippen LogP contribution is 2.29. The summed E-state index contributed by atoms with van der Waals surface area (Å²) in [7, 11) is 1.64. The van der Waals surface area contributed by atoms with Gasteiger partial charge in [0.2, 0.25) is 0 Å².